The van der Waals surface area contributed by atoms with E-state index in [1.54, 1.807) is 6.20 Å². The van der Waals surface area contributed by atoms with Crippen molar-refractivity contribution in [3.05, 3.63) is 65.6 Å². The molecule has 11 heteroatoms. The molecule has 0 bridgehead atoms. The lowest BCUT2D eigenvalue weighted by atomic mass is 9.94. The van der Waals surface area contributed by atoms with Gasteiger partial charge in [-0.1, -0.05) is 12.1 Å². The maximum Gasteiger partial charge on any atom is 0.238 e. The molecule has 1 aliphatic rings. The van der Waals surface area contributed by atoms with Crippen molar-refractivity contribution >= 4 is 10.0 Å². The van der Waals surface area contributed by atoms with E-state index in [4.69, 9.17) is 14.6 Å². The van der Waals surface area contributed by atoms with Crippen molar-refractivity contribution in [3.8, 4) is 17.0 Å². The van der Waals surface area contributed by atoms with Crippen LogP contribution in [-0.2, 0) is 21.2 Å². The number of primary sulfonamides is 1. The summed E-state index contributed by atoms with van der Waals surface area (Å²) < 4.78 is 51.4. The van der Waals surface area contributed by atoms with Crippen LogP contribution in [0.1, 0.15) is 50.5 Å². The van der Waals surface area contributed by atoms with E-state index in [1.165, 1.54) is 12.1 Å². The van der Waals surface area contributed by atoms with Gasteiger partial charge < -0.3 is 19.9 Å². The van der Waals surface area contributed by atoms with E-state index < -0.39 is 27.5 Å². The smallest absolute Gasteiger partial charge is 0.238 e. The summed E-state index contributed by atoms with van der Waals surface area (Å²) in [5.74, 6) is -0.00647. The molecule has 1 unspecified atom stereocenters. The number of hydrogen-bond acceptors (Lipinski definition) is 7. The summed E-state index contributed by atoms with van der Waals surface area (Å²) in [6.45, 7) is 6.70. The third-order valence-electron chi connectivity index (χ3n) is 6.74. The fourth-order valence-electron chi connectivity index (χ4n) is 4.66. The molecule has 0 amide bonds. The molecule has 2 atom stereocenters. The Hall–Kier alpha value is -2.83. The lowest BCUT2D eigenvalue weighted by Crippen LogP contribution is -2.46. The molecule has 2 heterocycles. The fraction of sp³-hybridized carbons (Fsp3) is 0.464. The quantitative estimate of drug-likeness (QED) is 0.326. The van der Waals surface area contributed by atoms with E-state index in [0.717, 1.165) is 42.1 Å². The molecule has 0 saturated carbocycles. The Labute approximate surface area is 229 Å². The first-order valence-electron chi connectivity index (χ1n) is 13.1. The number of β-amino-alcohol motifs (C(OH)–C–C–N with tert-alkyl or cyclic N) is 1. The number of aliphatic hydroxyl groups excluding tert-OH is 1. The third kappa shape index (κ3) is 7.64. The van der Waals surface area contributed by atoms with Crippen molar-refractivity contribution in [3.63, 3.8) is 0 Å². The van der Waals surface area contributed by atoms with E-state index in [-0.39, 0.29) is 30.7 Å². The van der Waals surface area contributed by atoms with Crippen LogP contribution >= 0.6 is 0 Å². The molecule has 1 fully saturated rings. The normalized spacial score (nSPS) is 17.2. The average molecular weight is 561 g/mol. The number of halogens is 1. The van der Waals surface area contributed by atoms with Gasteiger partial charge in [-0.25, -0.2) is 22.6 Å². The van der Waals surface area contributed by atoms with Crippen LogP contribution in [0.25, 0.3) is 11.3 Å². The van der Waals surface area contributed by atoms with Gasteiger partial charge in [0, 0.05) is 30.5 Å². The van der Waals surface area contributed by atoms with E-state index in [0.29, 0.717) is 17.9 Å². The Morgan fingerprint density at radius 3 is 2.74 bits per heavy atom. The Balaban J connectivity index is 1.38. The molecular formula is C28H37FN4O5S. The maximum atomic E-state index is 14.5. The van der Waals surface area contributed by atoms with Crippen LogP contribution in [-0.4, -0.2) is 54.7 Å². The molecule has 39 heavy (non-hydrogen) atoms. The molecule has 2 aromatic carbocycles. The Morgan fingerprint density at radius 2 is 2.05 bits per heavy atom. The van der Waals surface area contributed by atoms with Crippen molar-refractivity contribution in [2.75, 3.05) is 19.8 Å². The standard InChI is InChI=1S/C28H37FN4O5S/c1-19-7-10-23(25-11-12-32-33(25)27-6-4-5-13-37-27)26(14-19)38-18-21(34)17-31-28(2,3)16-20-8-9-22(15-24(20)29)39(30,35)36/h7-12,14-15,21,27,31,34H,4-6,13,16-18H2,1-3H3,(H2,30,35,36)/t21-,27?/m0/s1. The summed E-state index contributed by atoms with van der Waals surface area (Å²) in [4.78, 5) is -0.271. The number of nitrogens with two attached hydrogens (primary N) is 1. The summed E-state index contributed by atoms with van der Waals surface area (Å²) >= 11 is 0. The van der Waals surface area contributed by atoms with Gasteiger partial charge in [0.25, 0.3) is 0 Å². The molecule has 212 valence electrons. The van der Waals surface area contributed by atoms with E-state index in [2.05, 4.69) is 10.4 Å². The average Bonchev–Trinajstić information content (AvgIpc) is 3.37. The molecule has 0 spiro atoms. The first-order valence-corrected chi connectivity index (χ1v) is 14.6. The molecular weight excluding hydrogens is 523 g/mol. The number of aryl methyl sites for hydroxylation is 1. The monoisotopic (exact) mass is 560 g/mol. The van der Waals surface area contributed by atoms with Gasteiger partial charge in [0.15, 0.2) is 6.23 Å². The predicted molar refractivity (Wildman–Crippen MR) is 146 cm³/mol. The number of rotatable bonds is 11. The Bertz CT molecular complexity index is 1390. The van der Waals surface area contributed by atoms with Crippen LogP contribution in [0.5, 0.6) is 5.75 Å². The SMILES string of the molecule is Cc1ccc(-c2ccnn2C2CCCCO2)c(OC[C@@H](O)CNC(C)(C)Cc2ccc(S(N)(=O)=O)cc2F)c1. The molecule has 0 radical (unpaired) electrons. The molecule has 9 nitrogen and oxygen atoms in total. The number of aromatic nitrogens is 2. The second kappa shape index (κ2) is 12.1. The van der Waals surface area contributed by atoms with Crippen LogP contribution in [0.15, 0.2) is 53.6 Å². The number of benzene rings is 2. The second-order valence-electron chi connectivity index (χ2n) is 10.7. The topological polar surface area (TPSA) is 129 Å². The molecule has 1 saturated heterocycles. The van der Waals surface area contributed by atoms with Crippen molar-refractivity contribution in [2.24, 2.45) is 5.14 Å². The lowest BCUT2D eigenvalue weighted by molar-refractivity contribution is -0.0383. The van der Waals surface area contributed by atoms with Gasteiger partial charge in [-0.2, -0.15) is 5.10 Å². The van der Waals surface area contributed by atoms with Crippen LogP contribution in [0.4, 0.5) is 4.39 Å². The molecule has 1 aromatic heterocycles. The molecule has 1 aliphatic heterocycles. The van der Waals surface area contributed by atoms with Gasteiger partial charge in [-0.05, 0) is 87.9 Å². The summed E-state index contributed by atoms with van der Waals surface area (Å²) in [5.41, 5.74) is 2.53. The minimum Gasteiger partial charge on any atom is -0.490 e. The highest BCUT2D eigenvalue weighted by atomic mass is 32.2. The van der Waals surface area contributed by atoms with Gasteiger partial charge in [0.1, 0.15) is 24.3 Å². The number of ether oxygens (including phenoxy) is 2. The summed E-state index contributed by atoms with van der Waals surface area (Å²) in [6.07, 6.45) is 4.11. The zero-order valence-electron chi connectivity index (χ0n) is 22.6. The molecule has 4 N–H and O–H groups in total. The zero-order valence-corrected chi connectivity index (χ0v) is 23.4. The van der Waals surface area contributed by atoms with Crippen LogP contribution in [0, 0.1) is 12.7 Å². The molecule has 0 aliphatic carbocycles. The highest BCUT2D eigenvalue weighted by Crippen LogP contribution is 2.34. The summed E-state index contributed by atoms with van der Waals surface area (Å²) in [7, 11) is -3.98. The summed E-state index contributed by atoms with van der Waals surface area (Å²) in [5, 5.41) is 23.5. The van der Waals surface area contributed by atoms with Crippen molar-refractivity contribution in [2.45, 2.75) is 69.2 Å². The van der Waals surface area contributed by atoms with Crippen LogP contribution < -0.4 is 15.2 Å². The van der Waals surface area contributed by atoms with E-state index in [1.807, 2.05) is 49.7 Å². The van der Waals surface area contributed by atoms with Crippen LogP contribution in [0.3, 0.4) is 0 Å². The largest absolute Gasteiger partial charge is 0.490 e. The van der Waals surface area contributed by atoms with Gasteiger partial charge in [-0.3, -0.25) is 0 Å². The lowest BCUT2D eigenvalue weighted by Gasteiger charge is -2.28. The van der Waals surface area contributed by atoms with Gasteiger partial charge in [0.05, 0.1) is 10.6 Å². The number of hydrogen-bond donors (Lipinski definition) is 3. The predicted octanol–water partition coefficient (Wildman–Crippen LogP) is 3.69. The first-order chi connectivity index (χ1) is 18.4. The minimum absolute atomic E-state index is 0.0466. The maximum absolute atomic E-state index is 14.5. The van der Waals surface area contributed by atoms with Crippen molar-refractivity contribution in [1.82, 2.24) is 15.1 Å². The fourth-order valence-corrected chi connectivity index (χ4v) is 5.19. The Morgan fingerprint density at radius 1 is 1.26 bits per heavy atom. The van der Waals surface area contributed by atoms with Gasteiger partial charge >= 0.3 is 0 Å². The van der Waals surface area contributed by atoms with Crippen molar-refractivity contribution in [1.29, 1.82) is 0 Å². The summed E-state index contributed by atoms with van der Waals surface area (Å²) in [6, 6.07) is 11.5. The van der Waals surface area contributed by atoms with Crippen molar-refractivity contribution < 1.29 is 27.4 Å². The molecule has 3 aromatic rings. The third-order valence-corrected chi connectivity index (χ3v) is 7.66. The highest BCUT2D eigenvalue weighted by Gasteiger charge is 2.24. The Kier molecular flexibility index (Phi) is 9.07. The van der Waals surface area contributed by atoms with Gasteiger partial charge in [-0.15, -0.1) is 0 Å². The van der Waals surface area contributed by atoms with E-state index >= 15 is 0 Å². The number of sulfonamides is 1. The minimum atomic E-state index is -3.98. The number of nitrogens with zero attached hydrogens (tertiary/aromatic N) is 2. The molecule has 4 rings (SSSR count). The van der Waals surface area contributed by atoms with Gasteiger partial charge in [0.2, 0.25) is 10.0 Å². The number of nitrogens with one attached hydrogen (secondary N) is 1. The van der Waals surface area contributed by atoms with E-state index in [9.17, 15) is 17.9 Å². The first kappa shape index (κ1) is 29.2. The zero-order chi connectivity index (χ0) is 28.2. The number of aliphatic hydroxyl groups is 1. The second-order valence-corrected chi connectivity index (χ2v) is 12.2. The highest BCUT2D eigenvalue weighted by molar-refractivity contribution is 7.89. The van der Waals surface area contributed by atoms with Crippen LogP contribution in [0.2, 0.25) is 0 Å².